The lowest BCUT2D eigenvalue weighted by Gasteiger charge is -2.09. The van der Waals surface area contributed by atoms with Crippen molar-refractivity contribution < 1.29 is 0 Å². The third kappa shape index (κ3) is 2.43. The minimum atomic E-state index is -0.162. The molecule has 0 spiro atoms. The van der Waals surface area contributed by atoms with E-state index >= 15 is 0 Å². The second kappa shape index (κ2) is 5.17. The van der Waals surface area contributed by atoms with Gasteiger partial charge in [-0.05, 0) is 19.1 Å². The highest BCUT2D eigenvalue weighted by molar-refractivity contribution is 6.42. The first-order valence-electron chi connectivity index (χ1n) is 6.40. The van der Waals surface area contributed by atoms with Crippen molar-refractivity contribution >= 4 is 34.2 Å². The van der Waals surface area contributed by atoms with Crippen molar-refractivity contribution in [3.8, 4) is 11.3 Å². The average Bonchev–Trinajstić information content (AvgIpc) is 2.46. The quantitative estimate of drug-likeness (QED) is 0.673. The predicted molar refractivity (Wildman–Crippen MR) is 87.2 cm³/mol. The monoisotopic (exact) mass is 318 g/mol. The number of hydrogen-bond acceptors (Lipinski definition) is 2. The third-order valence-corrected chi connectivity index (χ3v) is 4.17. The number of aromatic nitrogens is 2. The fourth-order valence-corrected chi connectivity index (χ4v) is 2.54. The first kappa shape index (κ1) is 14.1. The molecule has 0 unspecified atom stereocenters. The predicted octanol–water partition coefficient (Wildman–Crippen LogP) is 4.22. The lowest BCUT2D eigenvalue weighted by molar-refractivity contribution is 0.895. The summed E-state index contributed by atoms with van der Waals surface area (Å²) < 4.78 is 1.54. The molecule has 0 bridgehead atoms. The first-order chi connectivity index (χ1) is 9.97. The zero-order valence-electron chi connectivity index (χ0n) is 11.5. The molecule has 0 radical (unpaired) electrons. The number of nitrogens with zero attached hydrogens (tertiary/aromatic N) is 2. The molecule has 3 rings (SSSR count). The molecule has 1 aromatic heterocycles. The summed E-state index contributed by atoms with van der Waals surface area (Å²) in [5, 5.41) is 0.828. The Morgan fingerprint density at radius 2 is 1.67 bits per heavy atom. The van der Waals surface area contributed by atoms with Crippen LogP contribution >= 0.6 is 23.2 Å². The van der Waals surface area contributed by atoms with Gasteiger partial charge in [0.2, 0.25) is 0 Å². The maximum absolute atomic E-state index is 12.5. The van der Waals surface area contributed by atoms with E-state index in [0.717, 1.165) is 11.1 Å². The van der Waals surface area contributed by atoms with Crippen LogP contribution < -0.4 is 5.56 Å². The van der Waals surface area contributed by atoms with Gasteiger partial charge in [-0.1, -0.05) is 53.0 Å². The average molecular weight is 319 g/mol. The minimum Gasteiger partial charge on any atom is -0.308 e. The largest absolute Gasteiger partial charge is 0.308 e. The van der Waals surface area contributed by atoms with E-state index in [0.29, 0.717) is 26.8 Å². The normalized spacial score (nSPS) is 11.0. The van der Waals surface area contributed by atoms with Crippen molar-refractivity contribution in [2.24, 2.45) is 7.05 Å². The molecule has 0 saturated carbocycles. The van der Waals surface area contributed by atoms with Gasteiger partial charge >= 0.3 is 0 Å². The van der Waals surface area contributed by atoms with E-state index in [1.54, 1.807) is 23.7 Å². The van der Waals surface area contributed by atoms with Crippen molar-refractivity contribution in [3.05, 3.63) is 62.4 Å². The summed E-state index contributed by atoms with van der Waals surface area (Å²) in [6.45, 7) is 2.00. The number of hydrogen-bond donors (Lipinski definition) is 0. The van der Waals surface area contributed by atoms with Crippen LogP contribution in [0, 0.1) is 6.92 Å². The zero-order valence-corrected chi connectivity index (χ0v) is 13.0. The van der Waals surface area contributed by atoms with Gasteiger partial charge in [0.25, 0.3) is 5.56 Å². The highest BCUT2D eigenvalue weighted by Crippen LogP contribution is 2.27. The number of aryl methyl sites for hydroxylation is 2. The zero-order chi connectivity index (χ0) is 15.1. The Hall–Kier alpha value is -1.84. The summed E-state index contributed by atoms with van der Waals surface area (Å²) in [6, 6.07) is 11.0. The molecule has 0 aliphatic carbocycles. The topological polar surface area (TPSA) is 34.9 Å². The molecular formula is C16H12Cl2N2O. The first-order valence-corrected chi connectivity index (χ1v) is 7.16. The summed E-state index contributed by atoms with van der Waals surface area (Å²) in [5.74, 6) is 0. The smallest absolute Gasteiger partial charge is 0.277 e. The van der Waals surface area contributed by atoms with E-state index in [4.69, 9.17) is 23.2 Å². The van der Waals surface area contributed by atoms with Gasteiger partial charge in [0.15, 0.2) is 0 Å². The molecule has 0 aliphatic heterocycles. The Bertz CT molecular complexity index is 899. The van der Waals surface area contributed by atoms with Gasteiger partial charge < -0.3 is 4.57 Å². The Morgan fingerprint density at radius 1 is 1.05 bits per heavy atom. The SMILES string of the molecule is Cc1ccc(-c2nc3cc(Cl)c(Cl)cc3n(C)c2=O)cc1. The number of halogens is 2. The van der Waals surface area contributed by atoms with Gasteiger partial charge in [-0.2, -0.15) is 0 Å². The van der Waals surface area contributed by atoms with Gasteiger partial charge in [0.1, 0.15) is 5.69 Å². The second-order valence-electron chi connectivity index (χ2n) is 4.95. The summed E-state index contributed by atoms with van der Waals surface area (Å²) in [5.41, 5.74) is 3.46. The van der Waals surface area contributed by atoms with Crippen LogP contribution in [0.1, 0.15) is 5.56 Å². The van der Waals surface area contributed by atoms with Gasteiger partial charge in [0.05, 0.1) is 21.1 Å². The lowest BCUT2D eigenvalue weighted by Crippen LogP contribution is -2.20. The fraction of sp³-hybridized carbons (Fsp3) is 0.125. The molecule has 0 N–H and O–H groups in total. The van der Waals surface area contributed by atoms with Crippen LogP contribution in [-0.4, -0.2) is 9.55 Å². The van der Waals surface area contributed by atoms with Crippen LogP contribution in [0.3, 0.4) is 0 Å². The molecule has 21 heavy (non-hydrogen) atoms. The van der Waals surface area contributed by atoms with E-state index in [1.165, 1.54) is 0 Å². The Kier molecular flexibility index (Phi) is 3.47. The molecule has 0 fully saturated rings. The highest BCUT2D eigenvalue weighted by atomic mass is 35.5. The Balaban J connectivity index is 2.34. The van der Waals surface area contributed by atoms with Gasteiger partial charge in [0, 0.05) is 12.6 Å². The summed E-state index contributed by atoms with van der Waals surface area (Å²) >= 11 is 12.1. The maximum Gasteiger partial charge on any atom is 0.277 e. The number of benzene rings is 2. The van der Waals surface area contributed by atoms with E-state index in [2.05, 4.69) is 4.98 Å². The fourth-order valence-electron chi connectivity index (χ4n) is 2.22. The molecule has 3 nitrogen and oxygen atoms in total. The summed E-state index contributed by atoms with van der Waals surface area (Å²) in [4.78, 5) is 16.9. The molecule has 0 aliphatic rings. The number of rotatable bonds is 1. The van der Waals surface area contributed by atoms with Gasteiger partial charge in [-0.15, -0.1) is 0 Å². The molecular weight excluding hydrogens is 307 g/mol. The van der Waals surface area contributed by atoms with Crippen LogP contribution in [0.5, 0.6) is 0 Å². The Morgan fingerprint density at radius 3 is 2.33 bits per heavy atom. The van der Waals surface area contributed by atoms with E-state index < -0.39 is 0 Å². The van der Waals surface area contributed by atoms with Crippen molar-refractivity contribution in [1.82, 2.24) is 9.55 Å². The van der Waals surface area contributed by atoms with E-state index in [1.807, 2.05) is 31.2 Å². The van der Waals surface area contributed by atoms with Crippen LogP contribution in [0.4, 0.5) is 0 Å². The summed E-state index contributed by atoms with van der Waals surface area (Å²) in [7, 11) is 1.70. The van der Waals surface area contributed by atoms with Crippen molar-refractivity contribution in [2.75, 3.05) is 0 Å². The van der Waals surface area contributed by atoms with Crippen LogP contribution in [0.15, 0.2) is 41.2 Å². The van der Waals surface area contributed by atoms with Crippen LogP contribution in [0.2, 0.25) is 10.0 Å². The molecule has 0 saturated heterocycles. The lowest BCUT2D eigenvalue weighted by atomic mass is 10.1. The second-order valence-corrected chi connectivity index (χ2v) is 5.76. The van der Waals surface area contributed by atoms with Crippen LogP contribution in [0.25, 0.3) is 22.3 Å². The molecule has 3 aromatic rings. The van der Waals surface area contributed by atoms with Crippen LogP contribution in [-0.2, 0) is 7.05 Å². The molecule has 106 valence electrons. The van der Waals surface area contributed by atoms with Crippen molar-refractivity contribution in [3.63, 3.8) is 0 Å². The van der Waals surface area contributed by atoms with E-state index in [9.17, 15) is 4.79 Å². The van der Waals surface area contributed by atoms with Gasteiger partial charge in [-0.25, -0.2) is 4.98 Å². The molecule has 1 heterocycles. The standard InChI is InChI=1S/C16H12Cl2N2O/c1-9-3-5-10(6-4-9)15-16(21)20(2)14-8-12(18)11(17)7-13(14)19-15/h3-8H,1-2H3. The molecule has 0 amide bonds. The van der Waals surface area contributed by atoms with Gasteiger partial charge in [-0.3, -0.25) is 4.79 Å². The minimum absolute atomic E-state index is 0.162. The highest BCUT2D eigenvalue weighted by Gasteiger charge is 2.12. The maximum atomic E-state index is 12.5. The summed E-state index contributed by atoms with van der Waals surface area (Å²) in [6.07, 6.45) is 0. The van der Waals surface area contributed by atoms with Crippen molar-refractivity contribution in [1.29, 1.82) is 0 Å². The van der Waals surface area contributed by atoms with E-state index in [-0.39, 0.29) is 5.56 Å². The number of fused-ring (bicyclic) bond motifs is 1. The van der Waals surface area contributed by atoms with Crippen molar-refractivity contribution in [2.45, 2.75) is 6.92 Å². The Labute approximate surface area is 131 Å². The third-order valence-electron chi connectivity index (χ3n) is 3.44. The molecule has 2 aromatic carbocycles. The molecule has 0 atom stereocenters. The molecule has 5 heteroatoms.